The number of ether oxygens (including phenoxy) is 2. The molecule has 38 heavy (non-hydrogen) atoms. The van der Waals surface area contributed by atoms with E-state index in [0.29, 0.717) is 58.1 Å². The Balaban J connectivity index is 1.40. The highest BCUT2D eigenvalue weighted by Gasteiger charge is 2.27. The van der Waals surface area contributed by atoms with Crippen LogP contribution in [0.15, 0.2) is 24.4 Å². The van der Waals surface area contributed by atoms with Crippen LogP contribution in [0.2, 0.25) is 0 Å². The van der Waals surface area contributed by atoms with Crippen LogP contribution in [0, 0.1) is 18.7 Å². The molecule has 2 aromatic heterocycles. The Bertz CT molecular complexity index is 1340. The molecule has 3 aromatic rings. The van der Waals surface area contributed by atoms with Crippen LogP contribution in [-0.2, 0) is 4.79 Å². The molecule has 2 heterocycles. The third kappa shape index (κ3) is 5.47. The van der Waals surface area contributed by atoms with Gasteiger partial charge in [-0.3, -0.25) is 14.6 Å². The summed E-state index contributed by atoms with van der Waals surface area (Å²) in [6, 6.07) is 5.00. The van der Waals surface area contributed by atoms with Gasteiger partial charge in [-0.25, -0.2) is 4.39 Å². The molecule has 0 spiro atoms. The summed E-state index contributed by atoms with van der Waals surface area (Å²) in [4.78, 5) is 33.0. The molecule has 0 radical (unpaired) electrons. The van der Waals surface area contributed by atoms with E-state index in [1.165, 1.54) is 13.2 Å². The van der Waals surface area contributed by atoms with Crippen molar-refractivity contribution >= 4 is 22.8 Å². The van der Waals surface area contributed by atoms with E-state index in [4.69, 9.17) is 9.47 Å². The van der Waals surface area contributed by atoms with Gasteiger partial charge in [-0.1, -0.05) is 6.92 Å². The number of nitrogens with zero attached hydrogens (tertiary/aromatic N) is 1. The molecule has 1 aromatic carbocycles. The third-order valence-corrected chi connectivity index (χ3v) is 7.57. The van der Waals surface area contributed by atoms with E-state index in [2.05, 4.69) is 20.6 Å². The standard InChI is InChI=1S/C29H35FN4O4/c1-4-25(35)33-18-7-9-19(10-8-18)34-29(36)26-16(2)32-27-20(11-12-31-28(26)27)21-13-22(30)24(37-3)14-23(21)38-15-17-5-6-17/h11-14,17-19,32H,4-10,15H2,1-3H3,(H,33,35)(H,34,36). The molecule has 5 rings (SSSR count). The summed E-state index contributed by atoms with van der Waals surface area (Å²) in [5, 5.41) is 6.21. The number of methoxy groups -OCH3 is 1. The lowest BCUT2D eigenvalue weighted by Gasteiger charge is -2.29. The van der Waals surface area contributed by atoms with Crippen LogP contribution in [-0.4, -0.2) is 47.6 Å². The van der Waals surface area contributed by atoms with E-state index in [1.54, 1.807) is 18.3 Å². The Morgan fingerprint density at radius 2 is 1.76 bits per heavy atom. The van der Waals surface area contributed by atoms with Crippen molar-refractivity contribution in [1.29, 1.82) is 0 Å². The molecule has 2 aliphatic carbocycles. The zero-order chi connectivity index (χ0) is 26.8. The fourth-order valence-electron chi connectivity index (χ4n) is 5.19. The number of carbonyl (C=O) groups excluding carboxylic acids is 2. The first kappa shape index (κ1) is 26.0. The first-order chi connectivity index (χ1) is 18.4. The number of hydrogen-bond donors (Lipinski definition) is 3. The van der Waals surface area contributed by atoms with Crippen molar-refractivity contribution < 1.29 is 23.5 Å². The summed E-state index contributed by atoms with van der Waals surface area (Å²) in [6.45, 7) is 4.26. The monoisotopic (exact) mass is 522 g/mol. The van der Waals surface area contributed by atoms with Crippen molar-refractivity contribution in [2.45, 2.75) is 70.9 Å². The summed E-state index contributed by atoms with van der Waals surface area (Å²) < 4.78 is 26.1. The number of amides is 2. The lowest BCUT2D eigenvalue weighted by Crippen LogP contribution is -2.43. The molecule has 2 aliphatic rings. The predicted molar refractivity (Wildman–Crippen MR) is 143 cm³/mol. The highest BCUT2D eigenvalue weighted by atomic mass is 19.1. The molecule has 2 amide bonds. The number of fused-ring (bicyclic) bond motifs is 1. The van der Waals surface area contributed by atoms with Gasteiger partial charge in [-0.2, -0.15) is 0 Å². The number of rotatable bonds is 9. The van der Waals surface area contributed by atoms with Gasteiger partial charge in [0.25, 0.3) is 5.91 Å². The lowest BCUT2D eigenvalue weighted by atomic mass is 9.91. The second-order valence-corrected chi connectivity index (χ2v) is 10.4. The number of benzene rings is 1. The van der Waals surface area contributed by atoms with E-state index < -0.39 is 5.82 Å². The Labute approximate surface area is 221 Å². The largest absolute Gasteiger partial charge is 0.494 e. The van der Waals surface area contributed by atoms with Gasteiger partial charge < -0.3 is 25.1 Å². The second-order valence-electron chi connectivity index (χ2n) is 10.4. The van der Waals surface area contributed by atoms with Gasteiger partial charge in [0.05, 0.1) is 24.8 Å². The Hall–Kier alpha value is -3.62. The lowest BCUT2D eigenvalue weighted by molar-refractivity contribution is -0.121. The number of H-pyrrole nitrogens is 1. The van der Waals surface area contributed by atoms with Gasteiger partial charge in [0, 0.05) is 47.6 Å². The average molecular weight is 523 g/mol. The van der Waals surface area contributed by atoms with E-state index in [9.17, 15) is 14.0 Å². The topological polar surface area (TPSA) is 105 Å². The molecule has 9 heteroatoms. The Morgan fingerprint density at radius 3 is 2.42 bits per heavy atom. The number of hydrogen-bond acceptors (Lipinski definition) is 5. The molecule has 0 saturated heterocycles. The summed E-state index contributed by atoms with van der Waals surface area (Å²) in [5.41, 5.74) is 3.65. The Kier molecular flexibility index (Phi) is 7.53. The van der Waals surface area contributed by atoms with Crippen molar-refractivity contribution in [3.63, 3.8) is 0 Å². The van der Waals surface area contributed by atoms with Gasteiger partial charge in [-0.05, 0) is 63.5 Å². The van der Waals surface area contributed by atoms with Gasteiger partial charge in [0.15, 0.2) is 11.6 Å². The molecule has 0 unspecified atom stereocenters. The molecule has 2 fully saturated rings. The van der Waals surface area contributed by atoms with Gasteiger partial charge in [0.1, 0.15) is 11.3 Å². The summed E-state index contributed by atoms with van der Waals surface area (Å²) in [5.74, 6) is 0.567. The van der Waals surface area contributed by atoms with Crippen LogP contribution in [0.1, 0.15) is 67.9 Å². The predicted octanol–water partition coefficient (Wildman–Crippen LogP) is 5.04. The number of carbonyl (C=O) groups is 2. The van der Waals surface area contributed by atoms with E-state index in [-0.39, 0.29) is 29.6 Å². The van der Waals surface area contributed by atoms with Crippen LogP contribution >= 0.6 is 0 Å². The van der Waals surface area contributed by atoms with Crippen LogP contribution in [0.5, 0.6) is 11.5 Å². The Morgan fingerprint density at radius 1 is 1.05 bits per heavy atom. The van der Waals surface area contributed by atoms with E-state index in [1.807, 2.05) is 13.8 Å². The minimum absolute atomic E-state index is 0.0305. The number of aryl methyl sites for hydroxylation is 1. The fraction of sp³-hybridized carbons (Fsp3) is 0.483. The van der Waals surface area contributed by atoms with Crippen LogP contribution in [0.3, 0.4) is 0 Å². The first-order valence-corrected chi connectivity index (χ1v) is 13.5. The molecule has 0 atom stereocenters. The van der Waals surface area contributed by atoms with Crippen molar-refractivity contribution in [1.82, 2.24) is 20.6 Å². The van der Waals surface area contributed by atoms with Crippen LogP contribution in [0.25, 0.3) is 22.2 Å². The summed E-state index contributed by atoms with van der Waals surface area (Å²) in [6.07, 6.45) is 7.64. The van der Waals surface area contributed by atoms with E-state index in [0.717, 1.165) is 38.5 Å². The second kappa shape index (κ2) is 11.0. The fourth-order valence-corrected chi connectivity index (χ4v) is 5.19. The summed E-state index contributed by atoms with van der Waals surface area (Å²) in [7, 11) is 1.43. The molecular weight excluding hydrogens is 487 g/mol. The molecule has 0 aliphatic heterocycles. The maximum atomic E-state index is 14.8. The van der Waals surface area contributed by atoms with Crippen molar-refractivity contribution in [2.24, 2.45) is 5.92 Å². The molecular formula is C29H35FN4O4. The highest BCUT2D eigenvalue weighted by molar-refractivity contribution is 6.09. The third-order valence-electron chi connectivity index (χ3n) is 7.57. The van der Waals surface area contributed by atoms with E-state index >= 15 is 0 Å². The first-order valence-electron chi connectivity index (χ1n) is 13.5. The molecule has 3 N–H and O–H groups in total. The minimum Gasteiger partial charge on any atom is -0.494 e. The molecule has 202 valence electrons. The van der Waals surface area contributed by atoms with Crippen LogP contribution in [0.4, 0.5) is 4.39 Å². The van der Waals surface area contributed by atoms with Gasteiger partial charge in [0.2, 0.25) is 5.91 Å². The SMILES string of the molecule is CCC(=O)NC1CCC(NC(=O)c2c(C)[nH]c3c(-c4cc(F)c(OC)cc4OCC4CC4)ccnc23)CC1. The highest BCUT2D eigenvalue weighted by Crippen LogP contribution is 2.40. The van der Waals surface area contributed by atoms with Gasteiger partial charge in [-0.15, -0.1) is 0 Å². The summed E-state index contributed by atoms with van der Waals surface area (Å²) >= 11 is 0. The number of nitrogens with one attached hydrogen (secondary N) is 3. The average Bonchev–Trinajstić information content (AvgIpc) is 3.68. The zero-order valence-corrected chi connectivity index (χ0v) is 22.2. The van der Waals surface area contributed by atoms with Gasteiger partial charge >= 0.3 is 0 Å². The number of aromatic nitrogens is 2. The van der Waals surface area contributed by atoms with Crippen molar-refractivity contribution in [3.8, 4) is 22.6 Å². The zero-order valence-electron chi connectivity index (χ0n) is 22.2. The minimum atomic E-state index is -0.488. The van der Waals surface area contributed by atoms with Crippen LogP contribution < -0.4 is 20.1 Å². The molecule has 0 bridgehead atoms. The smallest absolute Gasteiger partial charge is 0.255 e. The van der Waals surface area contributed by atoms with Crippen molar-refractivity contribution in [2.75, 3.05) is 13.7 Å². The number of halogens is 1. The molecule has 8 nitrogen and oxygen atoms in total. The quantitative estimate of drug-likeness (QED) is 0.365. The maximum absolute atomic E-state index is 14.8. The maximum Gasteiger partial charge on any atom is 0.255 e. The molecule has 2 saturated carbocycles. The number of aromatic amines is 1. The number of pyridine rings is 1. The normalized spacial score (nSPS) is 19.3. The van der Waals surface area contributed by atoms with Crippen molar-refractivity contribution in [3.05, 3.63) is 41.5 Å².